The van der Waals surface area contributed by atoms with E-state index < -0.39 is 10.4 Å². The smallest absolute Gasteiger partial charge is 0.278 e. The summed E-state index contributed by atoms with van der Waals surface area (Å²) in [6, 6.07) is 0. The van der Waals surface area contributed by atoms with Gasteiger partial charge in [-0.15, -0.1) is 0 Å². The maximum absolute atomic E-state index is 8.74. The van der Waals surface area contributed by atoms with Crippen molar-refractivity contribution in [3.63, 3.8) is 0 Å². The molecule has 0 aliphatic heterocycles. The van der Waals surface area contributed by atoms with Crippen LogP contribution in [0.15, 0.2) is 0 Å². The van der Waals surface area contributed by atoms with E-state index in [1.165, 1.54) is 11.9 Å². The molecule has 0 heterocycles. The molecule has 0 saturated heterocycles. The summed E-state index contributed by atoms with van der Waals surface area (Å²) in [7, 11) is -4.67. The Bertz CT molecular complexity index is 108. The Labute approximate surface area is 52.0 Å². The molecule has 0 atom stereocenters. The molecular formula is CH7NO4S2. The number of hydrogen-bond acceptors (Lipinski definition) is 4. The van der Waals surface area contributed by atoms with Crippen LogP contribution in [0.4, 0.5) is 0 Å². The predicted octanol–water partition coefficient (Wildman–Crippen LogP) is -0.430. The van der Waals surface area contributed by atoms with Gasteiger partial charge < -0.3 is 0 Å². The summed E-state index contributed by atoms with van der Waals surface area (Å²) in [6.45, 7) is 0. The van der Waals surface area contributed by atoms with Crippen LogP contribution in [0.2, 0.25) is 0 Å². The van der Waals surface area contributed by atoms with Gasteiger partial charge in [-0.05, 0) is 6.26 Å². The van der Waals surface area contributed by atoms with E-state index in [0.29, 0.717) is 0 Å². The lowest BCUT2D eigenvalue weighted by Crippen LogP contribution is -1.89. The van der Waals surface area contributed by atoms with E-state index in [2.05, 4.69) is 0 Å². The molecule has 0 spiro atoms. The Morgan fingerprint density at radius 1 is 1.50 bits per heavy atom. The molecule has 0 rings (SSSR count). The highest BCUT2D eigenvalue weighted by Gasteiger charge is 1.84. The minimum atomic E-state index is -4.67. The van der Waals surface area contributed by atoms with Crippen LogP contribution in [-0.2, 0) is 10.4 Å². The summed E-state index contributed by atoms with van der Waals surface area (Å²) in [4.78, 5) is 0. The van der Waals surface area contributed by atoms with Gasteiger partial charge in [-0.3, -0.25) is 14.2 Å². The van der Waals surface area contributed by atoms with Crippen molar-refractivity contribution >= 4 is 22.3 Å². The summed E-state index contributed by atoms with van der Waals surface area (Å²) in [5.41, 5.74) is 0. The Balaban J connectivity index is 0. The lowest BCUT2D eigenvalue weighted by Gasteiger charge is -1.68. The molecule has 0 aromatic carbocycles. The Morgan fingerprint density at radius 2 is 1.50 bits per heavy atom. The van der Waals surface area contributed by atoms with Crippen molar-refractivity contribution in [1.82, 2.24) is 0 Å². The van der Waals surface area contributed by atoms with Crippen molar-refractivity contribution in [2.45, 2.75) is 0 Å². The first-order valence-electron chi connectivity index (χ1n) is 1.34. The molecule has 52 valence electrons. The van der Waals surface area contributed by atoms with E-state index in [4.69, 9.17) is 22.7 Å². The first-order chi connectivity index (χ1) is 3.41. The molecule has 8 heavy (non-hydrogen) atoms. The van der Waals surface area contributed by atoms with Crippen LogP contribution >= 0.6 is 11.9 Å². The molecule has 0 amide bonds. The van der Waals surface area contributed by atoms with Gasteiger partial charge in [0.25, 0.3) is 0 Å². The maximum Gasteiger partial charge on any atom is 0.394 e. The van der Waals surface area contributed by atoms with E-state index in [9.17, 15) is 0 Å². The average molecular weight is 161 g/mol. The lowest BCUT2D eigenvalue weighted by molar-refractivity contribution is 0.381. The highest BCUT2D eigenvalue weighted by molar-refractivity contribution is 7.96. The van der Waals surface area contributed by atoms with Gasteiger partial charge in [-0.1, -0.05) is 11.9 Å². The molecule has 0 aromatic heterocycles. The van der Waals surface area contributed by atoms with Crippen LogP contribution in [0, 0.1) is 0 Å². The Kier molecular flexibility index (Phi) is 7.34. The molecule has 0 aliphatic carbocycles. The van der Waals surface area contributed by atoms with Gasteiger partial charge in [-0.2, -0.15) is 8.42 Å². The third-order valence-corrected chi connectivity index (χ3v) is 0. The predicted molar refractivity (Wildman–Crippen MR) is 31.9 cm³/mol. The van der Waals surface area contributed by atoms with Crippen molar-refractivity contribution in [3.05, 3.63) is 0 Å². The molecule has 0 unspecified atom stereocenters. The topological polar surface area (TPSA) is 101 Å². The van der Waals surface area contributed by atoms with E-state index in [1.807, 2.05) is 6.26 Å². The van der Waals surface area contributed by atoms with Crippen LogP contribution in [0.3, 0.4) is 0 Å². The third-order valence-electron chi connectivity index (χ3n) is 0. The van der Waals surface area contributed by atoms with Crippen LogP contribution in [-0.4, -0.2) is 23.8 Å². The standard InChI is InChI=1S/CH5NS.H2O4S/c1-3-2;1-5(2,3)4/h2H2,1H3;(H2,1,2,3,4). The normalized spacial score (nSPS) is 9.50. The van der Waals surface area contributed by atoms with Crippen molar-refractivity contribution in [2.75, 3.05) is 6.26 Å². The highest BCUT2D eigenvalue weighted by atomic mass is 32.3. The van der Waals surface area contributed by atoms with Gasteiger partial charge in [0.1, 0.15) is 0 Å². The molecule has 0 fully saturated rings. The largest absolute Gasteiger partial charge is 0.394 e. The summed E-state index contributed by atoms with van der Waals surface area (Å²) < 4.78 is 31.6. The molecule has 5 nitrogen and oxygen atoms in total. The van der Waals surface area contributed by atoms with Crippen molar-refractivity contribution in [1.29, 1.82) is 0 Å². The summed E-state index contributed by atoms with van der Waals surface area (Å²) in [5, 5.41) is 4.76. The lowest BCUT2D eigenvalue weighted by atomic mass is 12.0. The van der Waals surface area contributed by atoms with Crippen LogP contribution < -0.4 is 5.14 Å². The fourth-order valence-corrected chi connectivity index (χ4v) is 0. The van der Waals surface area contributed by atoms with Gasteiger partial charge in [-0.25, -0.2) is 0 Å². The fourth-order valence-electron chi connectivity index (χ4n) is 0. The van der Waals surface area contributed by atoms with Gasteiger partial charge in [0.2, 0.25) is 0 Å². The second-order valence-corrected chi connectivity index (χ2v) is 2.05. The summed E-state index contributed by atoms with van der Waals surface area (Å²) >= 11 is 1.25. The zero-order valence-corrected chi connectivity index (χ0v) is 5.74. The first-order valence-corrected chi connectivity index (χ1v) is 4.03. The SMILES string of the molecule is CSN.O=S(=O)(O)O. The molecule has 4 N–H and O–H groups in total. The highest BCUT2D eigenvalue weighted by Crippen LogP contribution is 1.59. The van der Waals surface area contributed by atoms with E-state index in [-0.39, 0.29) is 0 Å². The first kappa shape index (κ1) is 11.0. The number of nitrogens with two attached hydrogens (primary N) is 1. The molecule has 0 aliphatic rings. The van der Waals surface area contributed by atoms with Gasteiger partial charge >= 0.3 is 10.4 Å². The van der Waals surface area contributed by atoms with Crippen molar-refractivity contribution in [2.24, 2.45) is 5.14 Å². The van der Waals surface area contributed by atoms with E-state index in [1.54, 1.807) is 0 Å². The van der Waals surface area contributed by atoms with Gasteiger partial charge in [0, 0.05) is 0 Å². The molecule has 0 aromatic rings. The molecule has 7 heteroatoms. The van der Waals surface area contributed by atoms with Gasteiger partial charge in [0.15, 0.2) is 0 Å². The average Bonchev–Trinajstić information content (AvgIpc) is 1.27. The summed E-state index contributed by atoms with van der Waals surface area (Å²) in [6.07, 6.45) is 1.82. The Morgan fingerprint density at radius 3 is 1.50 bits per heavy atom. The van der Waals surface area contributed by atoms with Crippen LogP contribution in [0.25, 0.3) is 0 Å². The number of rotatable bonds is 0. The molecule has 0 bridgehead atoms. The fraction of sp³-hybridized carbons (Fsp3) is 1.00. The number of hydrogen-bond donors (Lipinski definition) is 3. The zero-order valence-electron chi connectivity index (χ0n) is 4.10. The molecule has 0 saturated carbocycles. The van der Waals surface area contributed by atoms with Crippen LogP contribution in [0.1, 0.15) is 0 Å². The van der Waals surface area contributed by atoms with E-state index >= 15 is 0 Å². The monoisotopic (exact) mass is 161 g/mol. The molecular weight excluding hydrogens is 154 g/mol. The van der Waals surface area contributed by atoms with E-state index in [0.717, 1.165) is 0 Å². The molecule has 0 radical (unpaired) electrons. The van der Waals surface area contributed by atoms with Crippen LogP contribution in [0.5, 0.6) is 0 Å². The minimum Gasteiger partial charge on any atom is -0.278 e. The second kappa shape index (κ2) is 5.32. The van der Waals surface area contributed by atoms with Crippen molar-refractivity contribution in [3.8, 4) is 0 Å². The second-order valence-electron chi connectivity index (χ2n) is 0.684. The van der Waals surface area contributed by atoms with Gasteiger partial charge in [0.05, 0.1) is 0 Å². The minimum absolute atomic E-state index is 1.25. The quantitative estimate of drug-likeness (QED) is 0.329. The third kappa shape index (κ3) is 5120. The summed E-state index contributed by atoms with van der Waals surface area (Å²) in [5.74, 6) is 0. The zero-order chi connectivity index (χ0) is 7.21. The maximum atomic E-state index is 8.74. The van der Waals surface area contributed by atoms with Crippen molar-refractivity contribution < 1.29 is 17.5 Å². The Hall–Kier alpha value is 0.180.